The molecule has 0 saturated heterocycles. The predicted molar refractivity (Wildman–Crippen MR) is 147 cm³/mol. The molecule has 2 aromatic heterocycles. The fourth-order valence-electron chi connectivity index (χ4n) is 5.80. The molecule has 1 aliphatic rings. The van der Waals surface area contributed by atoms with E-state index >= 15 is 0 Å². The van der Waals surface area contributed by atoms with Crippen LogP contribution in [-0.4, -0.2) is 13.1 Å². The smallest absolute Gasteiger partial charge is 0.342 e. The molecule has 2 heterocycles. The minimum Gasteiger partial charge on any atom is -0.422 e. The molecule has 0 bridgehead atoms. The molecule has 0 N–H and O–H groups in total. The lowest BCUT2D eigenvalue weighted by molar-refractivity contribution is 0.282. The minimum atomic E-state index is -2.57. The van der Waals surface area contributed by atoms with Crippen LogP contribution < -0.4 is 16.2 Å². The molecule has 196 valence electrons. The molecule has 0 amide bonds. The second-order valence-electron chi connectivity index (χ2n) is 9.53. The van der Waals surface area contributed by atoms with Gasteiger partial charge in [0.1, 0.15) is 11.2 Å². The average molecular weight is 550 g/mol. The molecule has 0 saturated carbocycles. The molecular weight excluding hydrogens is 530 g/mol. The van der Waals surface area contributed by atoms with Crippen molar-refractivity contribution < 1.29 is 8.83 Å². The van der Waals surface area contributed by atoms with Gasteiger partial charge in [0.25, 0.3) is 0 Å². The molecule has 0 aliphatic heterocycles. The minimum absolute atomic E-state index is 0.0536. The highest BCUT2D eigenvalue weighted by atomic mass is 35.5. The molecular formula is C30H20ClN5O4. The van der Waals surface area contributed by atoms with Crippen molar-refractivity contribution in [1.82, 2.24) is 0 Å². The van der Waals surface area contributed by atoms with Crippen molar-refractivity contribution in [3.8, 4) is 24.3 Å². The largest absolute Gasteiger partial charge is 0.422 e. The Labute approximate surface area is 233 Å². The lowest BCUT2D eigenvalue weighted by atomic mass is 9.50. The SMILES string of the molecule is CCN(CC)c1ccc2cc(C3Cc4c(c(=O)oc5cc(Cl)ccc45)C(C#N)(C#N)C3(C#N)C#N)c(=O)oc2c1. The number of nitriles is 4. The van der Waals surface area contributed by atoms with Crippen molar-refractivity contribution in [2.45, 2.75) is 31.6 Å². The summed E-state index contributed by atoms with van der Waals surface area (Å²) in [6.07, 6.45) is -0.181. The van der Waals surface area contributed by atoms with Gasteiger partial charge in [0, 0.05) is 58.2 Å². The number of anilines is 1. The highest BCUT2D eigenvalue weighted by molar-refractivity contribution is 6.31. The van der Waals surface area contributed by atoms with Crippen LogP contribution in [0, 0.1) is 50.7 Å². The van der Waals surface area contributed by atoms with Crippen LogP contribution in [0.25, 0.3) is 21.9 Å². The Morgan fingerprint density at radius 1 is 0.900 bits per heavy atom. The molecule has 0 spiro atoms. The zero-order chi connectivity index (χ0) is 28.8. The van der Waals surface area contributed by atoms with E-state index in [0.717, 1.165) is 18.8 Å². The highest BCUT2D eigenvalue weighted by Crippen LogP contribution is 2.56. The molecule has 5 rings (SSSR count). The molecule has 10 heteroatoms. The molecule has 9 nitrogen and oxygen atoms in total. The maximum Gasteiger partial charge on any atom is 0.342 e. The van der Waals surface area contributed by atoms with Gasteiger partial charge in [0.2, 0.25) is 5.41 Å². The number of rotatable bonds is 4. The van der Waals surface area contributed by atoms with E-state index in [2.05, 4.69) is 4.90 Å². The van der Waals surface area contributed by atoms with E-state index in [1.54, 1.807) is 36.4 Å². The van der Waals surface area contributed by atoms with Crippen LogP contribution in [0.2, 0.25) is 5.02 Å². The van der Waals surface area contributed by atoms with Crippen LogP contribution in [0.3, 0.4) is 0 Å². The van der Waals surface area contributed by atoms with E-state index < -0.39 is 28.0 Å². The summed E-state index contributed by atoms with van der Waals surface area (Å²) in [6, 6.07) is 18.7. The van der Waals surface area contributed by atoms with Gasteiger partial charge < -0.3 is 13.7 Å². The van der Waals surface area contributed by atoms with E-state index in [1.165, 1.54) is 12.1 Å². The maximum absolute atomic E-state index is 13.5. The Hall–Kier alpha value is -5.09. The molecule has 4 aromatic rings. The number of fused-ring (bicyclic) bond motifs is 4. The van der Waals surface area contributed by atoms with Gasteiger partial charge in [0.05, 0.1) is 29.8 Å². The molecule has 0 radical (unpaired) electrons. The molecule has 1 unspecified atom stereocenters. The Morgan fingerprint density at radius 3 is 2.20 bits per heavy atom. The van der Waals surface area contributed by atoms with Crippen molar-refractivity contribution in [1.29, 1.82) is 21.0 Å². The average Bonchev–Trinajstić information content (AvgIpc) is 2.96. The lowest BCUT2D eigenvalue weighted by Crippen LogP contribution is -2.53. The topological polar surface area (TPSA) is 159 Å². The first-order valence-electron chi connectivity index (χ1n) is 12.5. The van der Waals surface area contributed by atoms with Crippen LogP contribution in [-0.2, 0) is 11.8 Å². The normalized spacial score (nSPS) is 16.7. The summed E-state index contributed by atoms with van der Waals surface area (Å²) in [5.41, 5.74) is -5.80. The molecule has 2 aromatic carbocycles. The van der Waals surface area contributed by atoms with Gasteiger partial charge in [-0.3, -0.25) is 0 Å². The van der Waals surface area contributed by atoms with Gasteiger partial charge in [-0.1, -0.05) is 11.6 Å². The van der Waals surface area contributed by atoms with Crippen molar-refractivity contribution in [3.63, 3.8) is 0 Å². The van der Waals surface area contributed by atoms with Crippen molar-refractivity contribution in [3.05, 3.63) is 85.0 Å². The summed E-state index contributed by atoms with van der Waals surface area (Å²) in [5.74, 6) is -1.29. The zero-order valence-electron chi connectivity index (χ0n) is 21.5. The Balaban J connectivity index is 1.85. The predicted octanol–water partition coefficient (Wildman–Crippen LogP) is 5.06. The monoisotopic (exact) mass is 549 g/mol. The van der Waals surface area contributed by atoms with Gasteiger partial charge >= 0.3 is 11.3 Å². The summed E-state index contributed by atoms with van der Waals surface area (Å²) in [7, 11) is 0. The van der Waals surface area contributed by atoms with Crippen LogP contribution in [0.5, 0.6) is 0 Å². The first-order valence-corrected chi connectivity index (χ1v) is 12.8. The van der Waals surface area contributed by atoms with Gasteiger partial charge in [-0.25, -0.2) is 9.59 Å². The number of benzene rings is 2. The standard InChI is InChI=1S/C30H20ClN5O4/c1-3-36(4-2)19-7-5-17-9-22(27(37)39-24(17)11-19)23-12-21-20-8-6-18(31)10-25(20)40-28(38)26(21)30(15-34,16-35)29(23,13-32)14-33/h5-11,23H,3-4,12H2,1-2H3. The third kappa shape index (κ3) is 3.50. The van der Waals surface area contributed by atoms with Gasteiger partial charge in [-0.2, -0.15) is 21.0 Å². The maximum atomic E-state index is 13.5. The van der Waals surface area contributed by atoms with Crippen LogP contribution in [0.15, 0.2) is 60.9 Å². The number of hydrogen-bond donors (Lipinski definition) is 0. The van der Waals surface area contributed by atoms with E-state index in [-0.39, 0.29) is 33.7 Å². The van der Waals surface area contributed by atoms with Crippen molar-refractivity contribution >= 4 is 39.2 Å². The summed E-state index contributed by atoms with van der Waals surface area (Å²) >= 11 is 6.10. The summed E-state index contributed by atoms with van der Waals surface area (Å²) in [4.78, 5) is 28.8. The Morgan fingerprint density at radius 2 is 1.57 bits per heavy atom. The van der Waals surface area contributed by atoms with E-state index in [4.69, 9.17) is 20.4 Å². The fraction of sp³-hybridized carbons (Fsp3) is 0.267. The van der Waals surface area contributed by atoms with E-state index in [1.807, 2.05) is 32.1 Å². The molecule has 0 fully saturated rings. The number of hydrogen-bond acceptors (Lipinski definition) is 9. The van der Waals surface area contributed by atoms with Crippen molar-refractivity contribution in [2.24, 2.45) is 5.41 Å². The van der Waals surface area contributed by atoms with Crippen LogP contribution >= 0.6 is 11.6 Å². The van der Waals surface area contributed by atoms with Gasteiger partial charge in [0.15, 0.2) is 5.41 Å². The van der Waals surface area contributed by atoms with Crippen LogP contribution in [0.4, 0.5) is 5.69 Å². The first-order chi connectivity index (χ1) is 19.2. The number of halogens is 1. The summed E-state index contributed by atoms with van der Waals surface area (Å²) in [6.45, 7) is 5.50. The lowest BCUT2D eigenvalue weighted by Gasteiger charge is -2.42. The molecule has 1 aliphatic carbocycles. The van der Waals surface area contributed by atoms with Gasteiger partial charge in [-0.15, -0.1) is 0 Å². The molecule has 40 heavy (non-hydrogen) atoms. The van der Waals surface area contributed by atoms with E-state index in [0.29, 0.717) is 16.4 Å². The van der Waals surface area contributed by atoms with E-state index in [9.17, 15) is 30.6 Å². The summed E-state index contributed by atoms with van der Waals surface area (Å²) < 4.78 is 11.1. The van der Waals surface area contributed by atoms with Crippen molar-refractivity contribution in [2.75, 3.05) is 18.0 Å². The Bertz CT molecular complexity index is 1970. The van der Waals surface area contributed by atoms with Crippen LogP contribution in [0.1, 0.15) is 36.5 Å². The second kappa shape index (κ2) is 9.58. The quantitative estimate of drug-likeness (QED) is 0.317. The third-order valence-corrected chi connectivity index (χ3v) is 8.05. The Kier molecular flexibility index (Phi) is 6.35. The number of nitrogens with zero attached hydrogens (tertiary/aromatic N) is 5. The first kappa shape index (κ1) is 26.5. The second-order valence-corrected chi connectivity index (χ2v) is 9.97. The highest BCUT2D eigenvalue weighted by Gasteiger charge is 2.66. The zero-order valence-corrected chi connectivity index (χ0v) is 22.2. The third-order valence-electron chi connectivity index (χ3n) is 7.81. The van der Waals surface area contributed by atoms with Gasteiger partial charge in [-0.05, 0) is 56.2 Å². The fourth-order valence-corrected chi connectivity index (χ4v) is 5.96. The summed E-state index contributed by atoms with van der Waals surface area (Å²) in [5, 5.41) is 42.8. The molecule has 1 atom stereocenters.